The molecule has 4 atom stereocenters. The van der Waals surface area contributed by atoms with Gasteiger partial charge in [0.1, 0.15) is 29.9 Å². The molecule has 1 heterocycles. The van der Waals surface area contributed by atoms with Crippen molar-refractivity contribution in [1.82, 2.24) is 4.98 Å². The number of carboxylic acids is 5. The van der Waals surface area contributed by atoms with Crippen LogP contribution in [0.2, 0.25) is 0 Å². The van der Waals surface area contributed by atoms with E-state index in [-0.39, 0.29) is 24.5 Å². The van der Waals surface area contributed by atoms with E-state index in [4.69, 9.17) is 53.6 Å². The second-order valence-corrected chi connectivity index (χ2v) is 11.0. The Bertz CT molecular complexity index is 1440. The largest absolute Gasteiger partial charge is 0.508 e. The number of carbonyl (C=O) groups is 5. The molecule has 0 aliphatic carbocycles. The molecule has 0 aliphatic rings. The Balaban J connectivity index is 0. The van der Waals surface area contributed by atoms with E-state index in [0.29, 0.717) is 18.8 Å². The molecule has 18 heteroatoms. The number of nitrogens with two attached hydrogens (primary N) is 5. The Morgan fingerprint density at radius 1 is 0.714 bits per heavy atom. The Morgan fingerprint density at radius 2 is 1.16 bits per heavy atom. The number of benzene rings is 2. The van der Waals surface area contributed by atoms with Gasteiger partial charge in [-0.05, 0) is 48.1 Å². The molecule has 3 aromatic rings. The molecule has 0 amide bonds. The monoisotopic (exact) mass is 712 g/mol. The van der Waals surface area contributed by atoms with Crippen LogP contribution in [0.25, 0.3) is 10.9 Å². The molecule has 0 fully saturated rings. The molecule has 2 aromatic carbocycles. The fraction of sp³-hybridized carbons (Fsp3) is 0.387. The average Bonchev–Trinajstić information content (AvgIpc) is 3.44. The first-order chi connectivity index (χ1) is 22.8. The third-order valence-corrected chi connectivity index (χ3v) is 6.27. The molecular formula is C31H48N6O11S. The molecule has 0 aliphatic heterocycles. The molecule has 0 saturated heterocycles. The number of aromatic hydroxyl groups is 1. The van der Waals surface area contributed by atoms with E-state index in [0.717, 1.165) is 22.0 Å². The zero-order valence-electron chi connectivity index (χ0n) is 27.2. The highest BCUT2D eigenvalue weighted by molar-refractivity contribution is 7.80. The molecule has 0 bridgehead atoms. The maximum atomic E-state index is 10.6. The number of aromatic amines is 1. The lowest BCUT2D eigenvalue weighted by atomic mass is 10.1. The lowest BCUT2D eigenvalue weighted by Gasteiger charge is -2.07. The number of aromatic nitrogens is 1. The van der Waals surface area contributed by atoms with Gasteiger partial charge >= 0.3 is 29.8 Å². The summed E-state index contributed by atoms with van der Waals surface area (Å²) in [6.45, 7) is 3.62. The van der Waals surface area contributed by atoms with Crippen LogP contribution in [-0.4, -0.2) is 102 Å². The van der Waals surface area contributed by atoms with E-state index in [2.05, 4.69) is 23.3 Å². The highest BCUT2D eigenvalue weighted by atomic mass is 32.1. The second-order valence-electron chi connectivity index (χ2n) is 10.6. The van der Waals surface area contributed by atoms with E-state index in [1.165, 1.54) is 12.1 Å². The van der Waals surface area contributed by atoms with Crippen LogP contribution in [0.15, 0.2) is 54.7 Å². The summed E-state index contributed by atoms with van der Waals surface area (Å²) in [4.78, 5) is 53.2. The number of phenolic OH excluding ortho intramolecular Hbond substituents is 1. The minimum Gasteiger partial charge on any atom is -0.508 e. The number of aliphatic carboxylic acids is 5. The number of carboxylic acid groups (broad SMARTS) is 5. The number of para-hydroxylation sites is 1. The highest BCUT2D eigenvalue weighted by Gasteiger charge is 2.15. The van der Waals surface area contributed by atoms with Gasteiger partial charge in [0.2, 0.25) is 0 Å². The van der Waals surface area contributed by atoms with Crippen LogP contribution in [-0.2, 0) is 36.8 Å². The van der Waals surface area contributed by atoms with Crippen molar-refractivity contribution in [3.05, 3.63) is 65.9 Å². The molecule has 274 valence electrons. The van der Waals surface area contributed by atoms with Crippen LogP contribution in [0, 0.1) is 5.92 Å². The fourth-order valence-corrected chi connectivity index (χ4v) is 3.44. The van der Waals surface area contributed by atoms with Crippen LogP contribution < -0.4 is 28.7 Å². The number of hydrogen-bond acceptors (Lipinski definition) is 12. The Kier molecular flexibility index (Phi) is 24.0. The summed E-state index contributed by atoms with van der Waals surface area (Å²) in [6.07, 6.45) is 2.98. The van der Waals surface area contributed by atoms with Gasteiger partial charge in [-0.2, -0.15) is 12.6 Å². The zero-order valence-corrected chi connectivity index (χ0v) is 28.1. The molecule has 49 heavy (non-hydrogen) atoms. The summed E-state index contributed by atoms with van der Waals surface area (Å²) < 4.78 is 0. The maximum absolute atomic E-state index is 10.6. The Labute approximate surface area is 288 Å². The number of fused-ring (bicyclic) bond motifs is 1. The standard InChI is InChI=1S/C11H12N2O2.C9H11NO3.C6H13NO2.C3H7NO2S.C2H5NO2/c12-9(11(14)15)5-7-6-13-10-4-2-1-3-8(7)10;10-8(9(12)13)5-6-1-3-7(11)4-2-6;1-4(2)3-5(7)6(8)9;4-2(1-7)3(5)6;3-1-2(4)5/h1-4,6,9,13H,5,12H2,(H,14,15);1-4,8,11H,5,10H2,(H,12,13);4-5H,3,7H2,1-2H3,(H,8,9);2,7H,1,4H2,(H,5,6);1,3H2,(H,4,5)/t9-;8-;5-;2-;/m0000./s1. The first-order valence-electron chi connectivity index (χ1n) is 14.6. The molecule has 17 nitrogen and oxygen atoms in total. The number of phenols is 1. The maximum Gasteiger partial charge on any atom is 0.321 e. The summed E-state index contributed by atoms with van der Waals surface area (Å²) in [5, 5.41) is 51.1. The van der Waals surface area contributed by atoms with Crippen LogP contribution in [0.5, 0.6) is 5.75 Å². The predicted molar refractivity (Wildman–Crippen MR) is 186 cm³/mol. The average molecular weight is 713 g/mol. The molecule has 0 radical (unpaired) electrons. The van der Waals surface area contributed by atoms with E-state index < -0.39 is 54.0 Å². The van der Waals surface area contributed by atoms with E-state index >= 15 is 0 Å². The molecule has 3 rings (SSSR count). The smallest absolute Gasteiger partial charge is 0.321 e. The van der Waals surface area contributed by atoms with Crippen LogP contribution in [0.1, 0.15) is 31.4 Å². The van der Waals surface area contributed by atoms with E-state index in [1.54, 1.807) is 12.1 Å². The molecule has 0 saturated carbocycles. The van der Waals surface area contributed by atoms with Crippen molar-refractivity contribution in [2.75, 3.05) is 12.3 Å². The fourth-order valence-electron chi connectivity index (χ4n) is 3.28. The van der Waals surface area contributed by atoms with Crippen molar-refractivity contribution in [3.8, 4) is 5.75 Å². The summed E-state index contributed by atoms with van der Waals surface area (Å²) in [5.74, 6) is -4.17. The molecule has 0 unspecified atom stereocenters. The minimum atomic E-state index is -1.02. The summed E-state index contributed by atoms with van der Waals surface area (Å²) in [5.41, 5.74) is 28.3. The quantitative estimate of drug-likeness (QED) is 0.112. The number of H-pyrrole nitrogens is 1. The van der Waals surface area contributed by atoms with E-state index in [9.17, 15) is 24.0 Å². The normalized spacial score (nSPS) is 12.4. The number of thiol groups is 1. The zero-order chi connectivity index (χ0) is 38.3. The van der Waals surface area contributed by atoms with Crippen LogP contribution in [0.4, 0.5) is 0 Å². The molecular weight excluding hydrogens is 664 g/mol. The predicted octanol–water partition coefficient (Wildman–Crippen LogP) is 0.271. The molecule has 17 N–H and O–H groups in total. The van der Waals surface area contributed by atoms with Crippen molar-refractivity contribution in [2.45, 2.75) is 57.3 Å². The van der Waals surface area contributed by atoms with Crippen molar-refractivity contribution >= 4 is 53.4 Å². The van der Waals surface area contributed by atoms with Crippen LogP contribution >= 0.6 is 12.6 Å². The number of rotatable bonds is 12. The lowest BCUT2D eigenvalue weighted by Crippen LogP contribution is -2.32. The van der Waals surface area contributed by atoms with Gasteiger partial charge in [-0.15, -0.1) is 0 Å². The van der Waals surface area contributed by atoms with Gasteiger partial charge in [-0.3, -0.25) is 24.0 Å². The lowest BCUT2D eigenvalue weighted by molar-refractivity contribution is -0.139. The first kappa shape index (κ1) is 46.4. The Morgan fingerprint density at radius 3 is 1.53 bits per heavy atom. The summed E-state index contributed by atoms with van der Waals surface area (Å²) >= 11 is 3.65. The first-order valence-corrected chi connectivity index (χ1v) is 15.2. The topological polar surface area (TPSA) is 353 Å². The third kappa shape index (κ3) is 22.5. The van der Waals surface area contributed by atoms with Crippen molar-refractivity contribution < 1.29 is 54.6 Å². The summed E-state index contributed by atoms with van der Waals surface area (Å²) in [6, 6.07) is 10.8. The van der Waals surface area contributed by atoms with Gasteiger partial charge < -0.3 is 64.3 Å². The van der Waals surface area contributed by atoms with Gasteiger partial charge in [0.25, 0.3) is 0 Å². The van der Waals surface area contributed by atoms with Gasteiger partial charge in [-0.1, -0.05) is 44.2 Å². The number of hydrogen-bond donors (Lipinski definition) is 13. The van der Waals surface area contributed by atoms with Crippen molar-refractivity contribution in [3.63, 3.8) is 0 Å². The SMILES string of the molecule is CC(C)C[C@H](N)C(=O)O.NCC(=O)O.N[C@@H](CS)C(=O)O.N[C@@H](Cc1c[nH]c2ccccc12)C(=O)O.N[C@@H](Cc1ccc(O)cc1)C(=O)O. The van der Waals surface area contributed by atoms with Crippen molar-refractivity contribution in [2.24, 2.45) is 34.6 Å². The molecule has 0 spiro atoms. The highest BCUT2D eigenvalue weighted by Crippen LogP contribution is 2.18. The summed E-state index contributed by atoms with van der Waals surface area (Å²) in [7, 11) is 0. The Hall–Kier alpha value is -4.72. The van der Waals surface area contributed by atoms with Crippen LogP contribution in [0.3, 0.4) is 0 Å². The second kappa shape index (κ2) is 25.3. The van der Waals surface area contributed by atoms with Gasteiger partial charge in [0.15, 0.2) is 0 Å². The minimum absolute atomic E-state index is 0.160. The van der Waals surface area contributed by atoms with Crippen molar-refractivity contribution in [1.29, 1.82) is 0 Å². The van der Waals surface area contributed by atoms with E-state index in [1.807, 2.05) is 44.3 Å². The third-order valence-electron chi connectivity index (χ3n) is 5.87. The van der Waals surface area contributed by atoms with Gasteiger partial charge in [0.05, 0.1) is 6.54 Å². The number of nitrogens with one attached hydrogen (secondary N) is 1. The van der Waals surface area contributed by atoms with Gasteiger partial charge in [0, 0.05) is 29.3 Å². The molecule has 1 aromatic heterocycles. The van der Waals surface area contributed by atoms with Gasteiger partial charge in [-0.25, -0.2) is 0 Å².